The molecule has 4 rings (SSSR count). The SMILES string of the molecule is CC1(C)CC(=O)c2cnc3c(C(=O)NCCN4CCOCC4)cnn3c2C1. The van der Waals surface area contributed by atoms with Crippen molar-refractivity contribution in [1.82, 2.24) is 24.8 Å². The molecule has 27 heavy (non-hydrogen) atoms. The molecule has 8 heteroatoms. The van der Waals surface area contributed by atoms with E-state index in [1.807, 2.05) is 0 Å². The van der Waals surface area contributed by atoms with Crippen molar-refractivity contribution in [2.24, 2.45) is 5.41 Å². The molecule has 2 aromatic rings. The maximum Gasteiger partial charge on any atom is 0.256 e. The van der Waals surface area contributed by atoms with Crippen molar-refractivity contribution < 1.29 is 14.3 Å². The van der Waals surface area contributed by atoms with E-state index in [4.69, 9.17) is 4.74 Å². The molecule has 0 unspecified atom stereocenters. The van der Waals surface area contributed by atoms with Crippen molar-refractivity contribution in [3.8, 4) is 0 Å². The van der Waals surface area contributed by atoms with Gasteiger partial charge in [-0.3, -0.25) is 14.5 Å². The van der Waals surface area contributed by atoms with Gasteiger partial charge in [-0.2, -0.15) is 5.10 Å². The molecule has 1 saturated heterocycles. The molecule has 0 spiro atoms. The van der Waals surface area contributed by atoms with Gasteiger partial charge in [-0.1, -0.05) is 13.8 Å². The highest BCUT2D eigenvalue weighted by Crippen LogP contribution is 2.34. The number of carbonyl (C=O) groups excluding carboxylic acids is 2. The molecular weight excluding hydrogens is 346 g/mol. The normalized spacial score (nSPS) is 19.9. The molecule has 1 amide bonds. The van der Waals surface area contributed by atoms with E-state index in [0.29, 0.717) is 29.7 Å². The second kappa shape index (κ2) is 7.01. The number of nitrogens with one attached hydrogen (secondary N) is 1. The van der Waals surface area contributed by atoms with E-state index in [0.717, 1.165) is 45.0 Å². The summed E-state index contributed by atoms with van der Waals surface area (Å²) < 4.78 is 6.99. The van der Waals surface area contributed by atoms with E-state index < -0.39 is 0 Å². The minimum absolute atomic E-state index is 0.0858. The monoisotopic (exact) mass is 371 g/mol. The number of hydrogen-bond donors (Lipinski definition) is 1. The second-order valence-corrected chi connectivity index (χ2v) is 8.06. The molecule has 8 nitrogen and oxygen atoms in total. The second-order valence-electron chi connectivity index (χ2n) is 8.06. The van der Waals surface area contributed by atoms with Crippen LogP contribution in [0.1, 0.15) is 46.7 Å². The highest BCUT2D eigenvalue weighted by atomic mass is 16.5. The summed E-state index contributed by atoms with van der Waals surface area (Å²) in [5.41, 5.74) is 2.28. The molecule has 2 aromatic heterocycles. The Hall–Kier alpha value is -2.32. The number of rotatable bonds is 4. The first-order valence-corrected chi connectivity index (χ1v) is 9.42. The molecule has 2 aliphatic rings. The number of fused-ring (bicyclic) bond motifs is 3. The zero-order chi connectivity index (χ0) is 19.0. The summed E-state index contributed by atoms with van der Waals surface area (Å²) in [6, 6.07) is 0. The van der Waals surface area contributed by atoms with Gasteiger partial charge in [-0.05, 0) is 11.8 Å². The molecule has 0 saturated carbocycles. The van der Waals surface area contributed by atoms with Crippen molar-refractivity contribution in [2.75, 3.05) is 39.4 Å². The van der Waals surface area contributed by atoms with Gasteiger partial charge in [-0.25, -0.2) is 9.50 Å². The minimum Gasteiger partial charge on any atom is -0.379 e. The smallest absolute Gasteiger partial charge is 0.256 e. The third-order valence-electron chi connectivity index (χ3n) is 5.27. The van der Waals surface area contributed by atoms with Crippen LogP contribution < -0.4 is 5.32 Å². The molecule has 1 fully saturated rings. The Bertz CT molecular complexity index is 883. The highest BCUT2D eigenvalue weighted by molar-refractivity contribution is 6.01. The third kappa shape index (κ3) is 3.59. The summed E-state index contributed by atoms with van der Waals surface area (Å²) in [5, 5.41) is 7.31. The van der Waals surface area contributed by atoms with Gasteiger partial charge >= 0.3 is 0 Å². The first kappa shape index (κ1) is 18.1. The Morgan fingerprint density at radius 3 is 2.81 bits per heavy atom. The number of aromatic nitrogens is 3. The third-order valence-corrected chi connectivity index (χ3v) is 5.27. The maximum atomic E-state index is 12.6. The van der Waals surface area contributed by atoms with E-state index in [1.54, 1.807) is 16.9 Å². The fourth-order valence-corrected chi connectivity index (χ4v) is 3.83. The highest BCUT2D eigenvalue weighted by Gasteiger charge is 2.33. The van der Waals surface area contributed by atoms with Gasteiger partial charge in [0.1, 0.15) is 5.56 Å². The summed E-state index contributed by atoms with van der Waals surface area (Å²) in [4.78, 5) is 31.6. The van der Waals surface area contributed by atoms with Crippen molar-refractivity contribution in [2.45, 2.75) is 26.7 Å². The van der Waals surface area contributed by atoms with E-state index in [9.17, 15) is 9.59 Å². The first-order valence-electron chi connectivity index (χ1n) is 9.42. The average molecular weight is 371 g/mol. The van der Waals surface area contributed by atoms with Crippen LogP contribution in [0.25, 0.3) is 5.65 Å². The standard InChI is InChI=1S/C19H25N5O3/c1-19(2)9-15-13(16(25)10-19)11-21-17-14(12-22-24(15)17)18(26)20-3-4-23-5-7-27-8-6-23/h11-12H,3-10H2,1-2H3,(H,20,26). The molecule has 3 heterocycles. The average Bonchev–Trinajstić information content (AvgIpc) is 3.06. The van der Waals surface area contributed by atoms with Crippen LogP contribution in [0.2, 0.25) is 0 Å². The van der Waals surface area contributed by atoms with Crippen molar-refractivity contribution >= 4 is 17.3 Å². The van der Waals surface area contributed by atoms with E-state index in [-0.39, 0.29) is 17.1 Å². The van der Waals surface area contributed by atoms with Gasteiger partial charge in [0.15, 0.2) is 11.4 Å². The number of ketones is 1. The summed E-state index contributed by atoms with van der Waals surface area (Å²) in [7, 11) is 0. The van der Waals surface area contributed by atoms with Gasteiger partial charge < -0.3 is 10.1 Å². The van der Waals surface area contributed by atoms with Gasteiger partial charge in [0, 0.05) is 38.8 Å². The number of Topliss-reactive ketones (excluding diaryl/α,β-unsaturated/α-hetero) is 1. The Labute approximate surface area is 157 Å². The molecule has 1 aliphatic carbocycles. The van der Waals surface area contributed by atoms with Crippen LogP contribution in [0.4, 0.5) is 0 Å². The minimum atomic E-state index is -0.188. The van der Waals surface area contributed by atoms with Crippen LogP contribution in [0.5, 0.6) is 0 Å². The molecule has 1 N–H and O–H groups in total. The topological polar surface area (TPSA) is 88.8 Å². The Balaban J connectivity index is 1.51. The fraction of sp³-hybridized carbons (Fsp3) is 0.579. The van der Waals surface area contributed by atoms with Crippen LogP contribution in [0.3, 0.4) is 0 Å². The number of carbonyl (C=O) groups is 2. The first-order chi connectivity index (χ1) is 12.9. The Kier molecular flexibility index (Phi) is 4.69. The van der Waals surface area contributed by atoms with Gasteiger partial charge in [0.2, 0.25) is 0 Å². The molecule has 0 radical (unpaired) electrons. The number of morpholine rings is 1. The molecule has 0 atom stereocenters. The lowest BCUT2D eigenvalue weighted by Crippen LogP contribution is -2.41. The Morgan fingerprint density at radius 2 is 2.04 bits per heavy atom. The molecular formula is C19H25N5O3. The largest absolute Gasteiger partial charge is 0.379 e. The molecule has 0 aromatic carbocycles. The fourth-order valence-electron chi connectivity index (χ4n) is 3.83. The van der Waals surface area contributed by atoms with Gasteiger partial charge in [-0.15, -0.1) is 0 Å². The number of nitrogens with zero attached hydrogens (tertiary/aromatic N) is 4. The van der Waals surface area contributed by atoms with E-state index in [1.165, 1.54) is 0 Å². The van der Waals surface area contributed by atoms with E-state index in [2.05, 4.69) is 34.1 Å². The summed E-state index contributed by atoms with van der Waals surface area (Å²) in [5.74, 6) is -0.102. The summed E-state index contributed by atoms with van der Waals surface area (Å²) in [6.45, 7) is 8.77. The van der Waals surface area contributed by atoms with Crippen molar-refractivity contribution in [3.63, 3.8) is 0 Å². The van der Waals surface area contributed by atoms with Gasteiger partial charge in [0.05, 0.1) is 30.7 Å². The number of hydrogen-bond acceptors (Lipinski definition) is 6. The van der Waals surface area contributed by atoms with Crippen LogP contribution in [-0.4, -0.2) is 70.6 Å². The zero-order valence-electron chi connectivity index (χ0n) is 15.8. The predicted molar refractivity (Wildman–Crippen MR) is 99.0 cm³/mol. The lowest BCUT2D eigenvalue weighted by molar-refractivity contribution is 0.0383. The number of amides is 1. The molecule has 144 valence electrons. The predicted octanol–water partition coefficient (Wildman–Crippen LogP) is 0.946. The maximum absolute atomic E-state index is 12.6. The van der Waals surface area contributed by atoms with E-state index >= 15 is 0 Å². The van der Waals surface area contributed by atoms with Crippen LogP contribution >= 0.6 is 0 Å². The van der Waals surface area contributed by atoms with Crippen LogP contribution in [-0.2, 0) is 11.2 Å². The zero-order valence-corrected chi connectivity index (χ0v) is 15.8. The van der Waals surface area contributed by atoms with Crippen LogP contribution in [0, 0.1) is 5.41 Å². The van der Waals surface area contributed by atoms with Gasteiger partial charge in [0.25, 0.3) is 5.91 Å². The van der Waals surface area contributed by atoms with Crippen molar-refractivity contribution in [3.05, 3.63) is 29.2 Å². The van der Waals surface area contributed by atoms with Crippen molar-refractivity contribution in [1.29, 1.82) is 0 Å². The molecule has 1 aliphatic heterocycles. The lowest BCUT2D eigenvalue weighted by Gasteiger charge is -2.29. The number of ether oxygens (including phenoxy) is 1. The molecule has 0 bridgehead atoms. The quantitative estimate of drug-likeness (QED) is 0.861. The summed E-state index contributed by atoms with van der Waals surface area (Å²) >= 11 is 0. The lowest BCUT2D eigenvalue weighted by atomic mass is 9.76. The van der Waals surface area contributed by atoms with Crippen LogP contribution in [0.15, 0.2) is 12.4 Å². The summed E-state index contributed by atoms with van der Waals surface area (Å²) in [6.07, 6.45) is 4.36. The Morgan fingerprint density at radius 1 is 1.26 bits per heavy atom.